The number of nitro groups is 1. The molecule has 9 heteroatoms. The third-order valence-corrected chi connectivity index (χ3v) is 4.27. The van der Waals surface area contributed by atoms with Crippen LogP contribution >= 0.6 is 0 Å². The molecule has 1 fully saturated rings. The Hall–Kier alpha value is -3.07. The fourth-order valence-electron chi connectivity index (χ4n) is 2.85. The van der Waals surface area contributed by atoms with Crippen LogP contribution in [0.3, 0.4) is 0 Å². The van der Waals surface area contributed by atoms with E-state index in [0.717, 1.165) is 26.2 Å². The Morgan fingerprint density at radius 2 is 1.92 bits per heavy atom. The molecule has 0 atom stereocenters. The lowest BCUT2D eigenvalue weighted by Crippen LogP contribution is -2.49. The molecular formula is C17H20N6O3. The normalized spacial score (nSPS) is 14.9. The number of hydrogen-bond donors (Lipinski definition) is 1. The lowest BCUT2D eigenvalue weighted by molar-refractivity contribution is -0.384. The highest BCUT2D eigenvalue weighted by Gasteiger charge is 2.20. The number of benzene rings is 1. The summed E-state index contributed by atoms with van der Waals surface area (Å²) >= 11 is 0. The van der Waals surface area contributed by atoms with Gasteiger partial charge in [0.2, 0.25) is 11.9 Å². The maximum absolute atomic E-state index is 12.3. The third kappa shape index (κ3) is 4.31. The van der Waals surface area contributed by atoms with Crippen molar-refractivity contribution in [1.29, 1.82) is 0 Å². The van der Waals surface area contributed by atoms with E-state index in [1.165, 1.54) is 12.1 Å². The number of nitro benzene ring substituents is 1. The Morgan fingerprint density at radius 1 is 1.23 bits per heavy atom. The van der Waals surface area contributed by atoms with Gasteiger partial charge in [-0.15, -0.1) is 0 Å². The van der Waals surface area contributed by atoms with Gasteiger partial charge in [-0.1, -0.05) is 0 Å². The Bertz CT molecular complexity index is 790. The molecule has 0 saturated carbocycles. The molecule has 1 aromatic heterocycles. The minimum Gasteiger partial charge on any atom is -0.338 e. The van der Waals surface area contributed by atoms with Crippen molar-refractivity contribution in [3.63, 3.8) is 0 Å². The number of amides is 1. The molecule has 136 valence electrons. The van der Waals surface area contributed by atoms with Gasteiger partial charge in [0.05, 0.1) is 11.5 Å². The second-order valence-electron chi connectivity index (χ2n) is 6.12. The average Bonchev–Trinajstić information content (AvgIpc) is 2.64. The Kier molecular flexibility index (Phi) is 5.37. The summed E-state index contributed by atoms with van der Waals surface area (Å²) in [7, 11) is 0. The minimum absolute atomic E-state index is 0.0137. The van der Waals surface area contributed by atoms with E-state index in [4.69, 9.17) is 0 Å². The maximum Gasteiger partial charge on any atom is 0.269 e. The lowest BCUT2D eigenvalue weighted by atomic mass is 10.2. The molecule has 0 aliphatic carbocycles. The number of carbonyl (C=O) groups excluding carboxylic acids is 1. The molecule has 3 rings (SSSR count). The van der Waals surface area contributed by atoms with Gasteiger partial charge >= 0.3 is 0 Å². The summed E-state index contributed by atoms with van der Waals surface area (Å²) in [6, 6.07) is 6.19. The van der Waals surface area contributed by atoms with E-state index in [2.05, 4.69) is 25.1 Å². The fraction of sp³-hybridized carbons (Fsp3) is 0.353. The van der Waals surface area contributed by atoms with Crippen LogP contribution in [-0.4, -0.2) is 58.4 Å². The van der Waals surface area contributed by atoms with Gasteiger partial charge in [0.15, 0.2) is 0 Å². The first kappa shape index (κ1) is 17.7. The Balaban J connectivity index is 1.51. The molecule has 1 aromatic carbocycles. The van der Waals surface area contributed by atoms with Crippen LogP contribution in [0.2, 0.25) is 0 Å². The van der Waals surface area contributed by atoms with Gasteiger partial charge in [0.1, 0.15) is 0 Å². The molecule has 1 aliphatic rings. The number of rotatable bonds is 5. The van der Waals surface area contributed by atoms with E-state index in [1.807, 2.05) is 0 Å². The van der Waals surface area contributed by atoms with Crippen molar-refractivity contribution in [3.8, 4) is 0 Å². The van der Waals surface area contributed by atoms with Gasteiger partial charge in [-0.3, -0.25) is 19.8 Å². The first-order valence-corrected chi connectivity index (χ1v) is 8.32. The number of nitrogens with one attached hydrogen (secondary N) is 1. The van der Waals surface area contributed by atoms with Crippen LogP contribution in [0.15, 0.2) is 36.7 Å². The number of non-ortho nitro benzene ring substituents is 1. The zero-order chi connectivity index (χ0) is 18.5. The van der Waals surface area contributed by atoms with E-state index >= 15 is 0 Å². The summed E-state index contributed by atoms with van der Waals surface area (Å²) in [5.41, 5.74) is 1.27. The number of nitrogens with zero attached hydrogens (tertiary/aromatic N) is 5. The zero-order valence-electron chi connectivity index (χ0n) is 14.5. The highest BCUT2D eigenvalue weighted by Crippen LogP contribution is 2.21. The number of anilines is 2. The van der Waals surface area contributed by atoms with Crippen molar-refractivity contribution in [2.75, 3.05) is 42.9 Å². The predicted molar refractivity (Wildman–Crippen MR) is 97.1 cm³/mol. The molecule has 2 heterocycles. The van der Waals surface area contributed by atoms with Crippen LogP contribution in [0.1, 0.15) is 5.56 Å². The molecule has 26 heavy (non-hydrogen) atoms. The number of aromatic nitrogens is 2. The van der Waals surface area contributed by atoms with Crippen LogP contribution in [-0.2, 0) is 4.79 Å². The second-order valence-corrected chi connectivity index (χ2v) is 6.12. The summed E-state index contributed by atoms with van der Waals surface area (Å²) in [5.74, 6) is 0.574. The first-order chi connectivity index (χ1) is 12.5. The smallest absolute Gasteiger partial charge is 0.269 e. The molecule has 1 amide bonds. The lowest BCUT2D eigenvalue weighted by Gasteiger charge is -2.34. The molecule has 0 unspecified atom stereocenters. The van der Waals surface area contributed by atoms with Crippen LogP contribution < -0.4 is 10.2 Å². The topological polar surface area (TPSA) is 104 Å². The van der Waals surface area contributed by atoms with Crippen molar-refractivity contribution in [2.24, 2.45) is 0 Å². The van der Waals surface area contributed by atoms with Crippen molar-refractivity contribution >= 4 is 23.2 Å². The predicted octanol–water partition coefficient (Wildman–Crippen LogP) is 1.45. The van der Waals surface area contributed by atoms with E-state index in [1.54, 1.807) is 31.5 Å². The molecule has 0 spiro atoms. The highest BCUT2D eigenvalue weighted by atomic mass is 16.6. The standard InChI is InChI=1S/C17H20N6O3/c1-13-11-14(23(25)26)3-4-15(13)20-16(24)12-21-7-9-22(10-8-21)17-18-5-2-6-19-17/h2-6,11H,7-10,12H2,1H3,(H,20,24). The van der Waals surface area contributed by atoms with Crippen LogP contribution in [0, 0.1) is 17.0 Å². The largest absolute Gasteiger partial charge is 0.338 e. The maximum atomic E-state index is 12.3. The molecular weight excluding hydrogens is 336 g/mol. The SMILES string of the molecule is Cc1cc([N+](=O)[O-])ccc1NC(=O)CN1CCN(c2ncccn2)CC1. The molecule has 9 nitrogen and oxygen atoms in total. The fourth-order valence-corrected chi connectivity index (χ4v) is 2.85. The molecule has 1 aliphatic heterocycles. The summed E-state index contributed by atoms with van der Waals surface area (Å²) in [5, 5.41) is 13.6. The molecule has 1 N–H and O–H groups in total. The number of aryl methyl sites for hydroxylation is 1. The summed E-state index contributed by atoms with van der Waals surface area (Å²) < 4.78 is 0. The van der Waals surface area contributed by atoms with Crippen molar-refractivity contribution in [1.82, 2.24) is 14.9 Å². The van der Waals surface area contributed by atoms with Crippen LogP contribution in [0.4, 0.5) is 17.3 Å². The van der Waals surface area contributed by atoms with Crippen LogP contribution in [0.25, 0.3) is 0 Å². The van der Waals surface area contributed by atoms with Crippen molar-refractivity contribution < 1.29 is 9.72 Å². The van der Waals surface area contributed by atoms with Gasteiger partial charge in [0, 0.05) is 56.4 Å². The Labute approximate surface area is 150 Å². The monoisotopic (exact) mass is 356 g/mol. The second kappa shape index (κ2) is 7.87. The minimum atomic E-state index is -0.450. The molecule has 1 saturated heterocycles. The molecule has 2 aromatic rings. The summed E-state index contributed by atoms with van der Waals surface area (Å²) in [6.45, 7) is 5.01. The third-order valence-electron chi connectivity index (χ3n) is 4.27. The zero-order valence-corrected chi connectivity index (χ0v) is 14.5. The number of hydrogen-bond acceptors (Lipinski definition) is 7. The number of carbonyl (C=O) groups is 1. The summed E-state index contributed by atoms with van der Waals surface area (Å²) in [4.78, 5) is 35.2. The van der Waals surface area contributed by atoms with Gasteiger partial charge in [-0.25, -0.2) is 9.97 Å². The van der Waals surface area contributed by atoms with E-state index in [0.29, 0.717) is 17.2 Å². The molecule has 0 radical (unpaired) electrons. The quantitative estimate of drug-likeness (QED) is 0.638. The van der Waals surface area contributed by atoms with Gasteiger partial charge < -0.3 is 10.2 Å². The van der Waals surface area contributed by atoms with E-state index < -0.39 is 4.92 Å². The molecule has 0 bridgehead atoms. The first-order valence-electron chi connectivity index (χ1n) is 8.32. The van der Waals surface area contributed by atoms with Gasteiger partial charge in [-0.05, 0) is 24.6 Å². The van der Waals surface area contributed by atoms with Gasteiger partial charge in [0.25, 0.3) is 5.69 Å². The van der Waals surface area contributed by atoms with E-state index in [-0.39, 0.29) is 18.1 Å². The number of piperazine rings is 1. The average molecular weight is 356 g/mol. The van der Waals surface area contributed by atoms with E-state index in [9.17, 15) is 14.9 Å². The highest BCUT2D eigenvalue weighted by molar-refractivity contribution is 5.93. The van der Waals surface area contributed by atoms with Crippen molar-refractivity contribution in [2.45, 2.75) is 6.92 Å². The Morgan fingerprint density at radius 3 is 2.54 bits per heavy atom. The summed E-state index contributed by atoms with van der Waals surface area (Å²) in [6.07, 6.45) is 3.43. The van der Waals surface area contributed by atoms with Gasteiger partial charge in [-0.2, -0.15) is 0 Å². The van der Waals surface area contributed by atoms with Crippen LogP contribution in [0.5, 0.6) is 0 Å². The van der Waals surface area contributed by atoms with Crippen molar-refractivity contribution in [3.05, 3.63) is 52.3 Å².